The third-order valence-electron chi connectivity index (χ3n) is 3.03. The van der Waals surface area contributed by atoms with Gasteiger partial charge >= 0.3 is 0 Å². The van der Waals surface area contributed by atoms with Crippen LogP contribution in [0.25, 0.3) is 0 Å². The second-order valence-electron chi connectivity index (χ2n) is 4.38. The van der Waals surface area contributed by atoms with Crippen LogP contribution in [0.1, 0.15) is 5.56 Å². The minimum Gasteiger partial charge on any atom is -0.497 e. The molecule has 1 aromatic carbocycles. The molecule has 6 nitrogen and oxygen atoms in total. The number of aromatic amines is 1. The predicted octanol–water partition coefficient (Wildman–Crippen LogP) is 1.55. The van der Waals surface area contributed by atoms with Crippen LogP contribution in [0, 0.1) is 0 Å². The number of rotatable bonds is 7. The first-order valence-electron chi connectivity index (χ1n) is 6.40. The second-order valence-corrected chi connectivity index (χ2v) is 6.12. The van der Waals surface area contributed by atoms with Crippen LogP contribution in [0.15, 0.2) is 41.6 Å². The summed E-state index contributed by atoms with van der Waals surface area (Å²) in [6.45, 7) is 0.315. The number of hydrogen-bond donors (Lipinski definition) is 2. The van der Waals surface area contributed by atoms with E-state index in [1.807, 2.05) is 12.3 Å². The van der Waals surface area contributed by atoms with Crippen molar-refractivity contribution in [2.75, 3.05) is 20.8 Å². The molecule has 2 aromatic rings. The van der Waals surface area contributed by atoms with Gasteiger partial charge in [0.1, 0.15) is 16.4 Å². The summed E-state index contributed by atoms with van der Waals surface area (Å²) < 4.78 is 37.3. The van der Waals surface area contributed by atoms with E-state index in [-0.39, 0.29) is 10.6 Å². The van der Waals surface area contributed by atoms with Crippen molar-refractivity contribution in [1.29, 1.82) is 0 Å². The molecule has 1 aromatic heterocycles. The van der Waals surface area contributed by atoms with Gasteiger partial charge in [0.2, 0.25) is 10.0 Å². The fourth-order valence-electron chi connectivity index (χ4n) is 1.92. The van der Waals surface area contributed by atoms with E-state index in [9.17, 15) is 8.42 Å². The Bertz CT molecular complexity index is 681. The fraction of sp³-hybridized carbons (Fsp3) is 0.286. The molecule has 0 aliphatic carbocycles. The molecule has 0 aliphatic rings. The van der Waals surface area contributed by atoms with Gasteiger partial charge in [-0.2, -0.15) is 0 Å². The highest BCUT2D eigenvalue weighted by atomic mass is 32.2. The lowest BCUT2D eigenvalue weighted by Crippen LogP contribution is -2.26. The lowest BCUT2D eigenvalue weighted by atomic mass is 10.2. The molecule has 0 fully saturated rings. The number of benzene rings is 1. The maximum absolute atomic E-state index is 12.3. The van der Waals surface area contributed by atoms with Gasteiger partial charge in [-0.1, -0.05) is 0 Å². The largest absolute Gasteiger partial charge is 0.497 e. The summed E-state index contributed by atoms with van der Waals surface area (Å²) >= 11 is 0. The van der Waals surface area contributed by atoms with Gasteiger partial charge in [-0.05, 0) is 30.2 Å². The average molecular weight is 310 g/mol. The summed E-state index contributed by atoms with van der Waals surface area (Å²) in [7, 11) is -0.686. The van der Waals surface area contributed by atoms with Crippen molar-refractivity contribution in [2.24, 2.45) is 0 Å². The van der Waals surface area contributed by atoms with Crippen molar-refractivity contribution in [3.05, 3.63) is 42.2 Å². The van der Waals surface area contributed by atoms with Crippen LogP contribution in [0.2, 0.25) is 0 Å². The molecule has 0 radical (unpaired) electrons. The number of H-pyrrole nitrogens is 1. The van der Waals surface area contributed by atoms with Crippen LogP contribution < -0.4 is 14.2 Å². The minimum absolute atomic E-state index is 0.0971. The molecule has 0 spiro atoms. The van der Waals surface area contributed by atoms with E-state index in [1.165, 1.54) is 20.3 Å². The zero-order valence-electron chi connectivity index (χ0n) is 11.9. The molecule has 7 heteroatoms. The first kappa shape index (κ1) is 15.4. The van der Waals surface area contributed by atoms with Gasteiger partial charge in [0.05, 0.1) is 14.2 Å². The quantitative estimate of drug-likeness (QED) is 0.813. The van der Waals surface area contributed by atoms with Gasteiger partial charge in [-0.3, -0.25) is 0 Å². The number of ether oxygens (including phenoxy) is 2. The Labute approximate surface area is 124 Å². The third-order valence-corrected chi connectivity index (χ3v) is 4.53. The van der Waals surface area contributed by atoms with E-state index in [4.69, 9.17) is 9.47 Å². The van der Waals surface area contributed by atoms with Crippen molar-refractivity contribution in [2.45, 2.75) is 11.3 Å². The number of hydrogen-bond acceptors (Lipinski definition) is 4. The highest BCUT2D eigenvalue weighted by Crippen LogP contribution is 2.28. The molecule has 2 N–H and O–H groups in total. The first-order valence-corrected chi connectivity index (χ1v) is 7.88. The van der Waals surface area contributed by atoms with Crippen molar-refractivity contribution in [3.63, 3.8) is 0 Å². The first-order chi connectivity index (χ1) is 10.1. The molecule has 0 unspecified atom stereocenters. The van der Waals surface area contributed by atoms with Gasteiger partial charge < -0.3 is 14.5 Å². The van der Waals surface area contributed by atoms with E-state index in [0.717, 1.165) is 5.56 Å². The van der Waals surface area contributed by atoms with Gasteiger partial charge in [0, 0.05) is 25.0 Å². The van der Waals surface area contributed by atoms with E-state index < -0.39 is 10.0 Å². The highest BCUT2D eigenvalue weighted by molar-refractivity contribution is 7.89. The Morgan fingerprint density at radius 1 is 1.19 bits per heavy atom. The molecule has 0 saturated carbocycles. The summed E-state index contributed by atoms with van der Waals surface area (Å²) in [5, 5.41) is 0. The minimum atomic E-state index is -3.62. The van der Waals surface area contributed by atoms with Crippen LogP contribution >= 0.6 is 0 Å². The summed E-state index contributed by atoms with van der Waals surface area (Å²) in [5.41, 5.74) is 1.04. The summed E-state index contributed by atoms with van der Waals surface area (Å²) in [6.07, 6.45) is 4.25. The SMILES string of the molecule is COc1ccc(S(=O)(=O)NCCc2cc[nH]c2)c(OC)c1. The van der Waals surface area contributed by atoms with Crippen LogP contribution in [0.5, 0.6) is 11.5 Å². The monoisotopic (exact) mass is 310 g/mol. The molecule has 0 bridgehead atoms. The third kappa shape index (κ3) is 3.77. The van der Waals surface area contributed by atoms with E-state index in [1.54, 1.807) is 18.3 Å². The van der Waals surface area contributed by atoms with E-state index >= 15 is 0 Å². The number of methoxy groups -OCH3 is 2. The van der Waals surface area contributed by atoms with Crippen molar-refractivity contribution in [1.82, 2.24) is 9.71 Å². The van der Waals surface area contributed by atoms with E-state index in [0.29, 0.717) is 18.7 Å². The normalized spacial score (nSPS) is 11.3. The summed E-state index contributed by atoms with van der Waals surface area (Å²) in [6, 6.07) is 6.50. The molecule has 0 atom stereocenters. The highest BCUT2D eigenvalue weighted by Gasteiger charge is 2.19. The smallest absolute Gasteiger partial charge is 0.244 e. The second kappa shape index (κ2) is 6.64. The van der Waals surface area contributed by atoms with Crippen molar-refractivity contribution >= 4 is 10.0 Å². The van der Waals surface area contributed by atoms with Gasteiger partial charge in [0.15, 0.2) is 0 Å². The Morgan fingerprint density at radius 2 is 2.00 bits per heavy atom. The van der Waals surface area contributed by atoms with Crippen LogP contribution in [-0.4, -0.2) is 34.2 Å². The van der Waals surface area contributed by atoms with Crippen LogP contribution in [-0.2, 0) is 16.4 Å². The Balaban J connectivity index is 2.11. The Hall–Kier alpha value is -1.99. The maximum atomic E-state index is 12.3. The molecule has 21 heavy (non-hydrogen) atoms. The molecular formula is C14H18N2O4S. The lowest BCUT2D eigenvalue weighted by molar-refractivity contribution is 0.386. The van der Waals surface area contributed by atoms with Crippen LogP contribution in [0.4, 0.5) is 0 Å². The van der Waals surface area contributed by atoms with Crippen LogP contribution in [0.3, 0.4) is 0 Å². The molecule has 114 valence electrons. The molecule has 0 amide bonds. The molecular weight excluding hydrogens is 292 g/mol. The number of aromatic nitrogens is 1. The van der Waals surface area contributed by atoms with Gasteiger partial charge in [0.25, 0.3) is 0 Å². The Morgan fingerprint density at radius 3 is 2.62 bits per heavy atom. The lowest BCUT2D eigenvalue weighted by Gasteiger charge is -2.11. The summed E-state index contributed by atoms with van der Waals surface area (Å²) in [4.78, 5) is 3.03. The molecule has 0 saturated heterocycles. The van der Waals surface area contributed by atoms with Gasteiger partial charge in [-0.25, -0.2) is 13.1 Å². The zero-order valence-corrected chi connectivity index (χ0v) is 12.7. The average Bonchev–Trinajstić information content (AvgIpc) is 2.99. The molecule has 2 rings (SSSR count). The summed E-state index contributed by atoms with van der Waals surface area (Å²) in [5.74, 6) is 0.793. The zero-order chi connectivity index (χ0) is 15.3. The number of sulfonamides is 1. The fourth-order valence-corrected chi connectivity index (χ4v) is 3.10. The predicted molar refractivity (Wildman–Crippen MR) is 79.2 cm³/mol. The van der Waals surface area contributed by atoms with Crippen molar-refractivity contribution < 1.29 is 17.9 Å². The molecule has 1 heterocycles. The topological polar surface area (TPSA) is 80.4 Å². The van der Waals surface area contributed by atoms with Gasteiger partial charge in [-0.15, -0.1) is 0 Å². The maximum Gasteiger partial charge on any atom is 0.244 e. The molecule has 0 aliphatic heterocycles. The van der Waals surface area contributed by atoms with Crippen molar-refractivity contribution in [3.8, 4) is 11.5 Å². The standard InChI is InChI=1S/C14H18N2O4S/c1-19-12-3-4-14(13(9-12)20-2)21(17,18)16-8-6-11-5-7-15-10-11/h3-5,7,9-10,15-16H,6,8H2,1-2H3. The van der Waals surface area contributed by atoms with E-state index in [2.05, 4.69) is 9.71 Å². The number of nitrogens with one attached hydrogen (secondary N) is 2. The Kier molecular flexibility index (Phi) is 4.87.